The van der Waals surface area contributed by atoms with Gasteiger partial charge >= 0.3 is 0 Å². The zero-order valence-corrected chi connectivity index (χ0v) is 14.4. The predicted molar refractivity (Wildman–Crippen MR) is 92.4 cm³/mol. The van der Waals surface area contributed by atoms with E-state index < -0.39 is 6.10 Å². The normalized spacial score (nSPS) is 14.6. The molecule has 0 radical (unpaired) electrons. The third-order valence-electron chi connectivity index (χ3n) is 4.09. The Labute approximate surface area is 132 Å². The van der Waals surface area contributed by atoms with E-state index in [1.807, 2.05) is 0 Å². The van der Waals surface area contributed by atoms with Crippen molar-refractivity contribution in [3.63, 3.8) is 0 Å². The largest absolute Gasteiger partial charge is 0.390 e. The lowest BCUT2D eigenvalue weighted by atomic mass is 10.0. The van der Waals surface area contributed by atoms with Crippen molar-refractivity contribution in [3.8, 4) is 0 Å². The SMILES string of the molecule is CCCCN(CCCC)CC(O)C(N)CCCCCCN. The van der Waals surface area contributed by atoms with E-state index >= 15 is 0 Å². The molecule has 0 aliphatic heterocycles. The highest BCUT2D eigenvalue weighted by Gasteiger charge is 2.17. The summed E-state index contributed by atoms with van der Waals surface area (Å²) in [6.45, 7) is 8.08. The summed E-state index contributed by atoms with van der Waals surface area (Å²) >= 11 is 0. The van der Waals surface area contributed by atoms with Gasteiger partial charge in [0.25, 0.3) is 0 Å². The predicted octanol–water partition coefficient (Wildman–Crippen LogP) is 2.49. The number of aliphatic hydroxyl groups is 1. The topological polar surface area (TPSA) is 75.5 Å². The van der Waals surface area contributed by atoms with Crippen molar-refractivity contribution in [2.75, 3.05) is 26.2 Å². The first-order chi connectivity index (χ1) is 10.2. The van der Waals surface area contributed by atoms with Crippen molar-refractivity contribution >= 4 is 0 Å². The highest BCUT2D eigenvalue weighted by molar-refractivity contribution is 4.76. The maximum atomic E-state index is 10.3. The van der Waals surface area contributed by atoms with E-state index in [2.05, 4.69) is 18.7 Å². The van der Waals surface area contributed by atoms with Gasteiger partial charge in [-0.3, -0.25) is 0 Å². The Hall–Kier alpha value is -0.160. The van der Waals surface area contributed by atoms with E-state index in [1.165, 1.54) is 38.5 Å². The number of hydrogen-bond donors (Lipinski definition) is 3. The van der Waals surface area contributed by atoms with E-state index in [0.29, 0.717) is 0 Å². The fourth-order valence-electron chi connectivity index (χ4n) is 2.53. The molecule has 0 amide bonds. The minimum atomic E-state index is -0.395. The molecule has 4 heteroatoms. The van der Waals surface area contributed by atoms with Gasteiger partial charge in [0.1, 0.15) is 0 Å². The summed E-state index contributed by atoms with van der Waals surface area (Å²) in [6.07, 6.45) is 9.87. The van der Waals surface area contributed by atoms with Gasteiger partial charge in [-0.05, 0) is 45.3 Å². The lowest BCUT2D eigenvalue weighted by Gasteiger charge is -2.27. The molecule has 0 aliphatic carbocycles. The monoisotopic (exact) mass is 301 g/mol. The van der Waals surface area contributed by atoms with E-state index in [1.54, 1.807) is 0 Å². The molecule has 0 spiro atoms. The first-order valence-corrected chi connectivity index (χ1v) is 9.01. The first kappa shape index (κ1) is 20.8. The van der Waals surface area contributed by atoms with E-state index in [4.69, 9.17) is 11.5 Å². The molecular formula is C17H39N3O. The summed E-state index contributed by atoms with van der Waals surface area (Å²) in [5.74, 6) is 0. The summed E-state index contributed by atoms with van der Waals surface area (Å²) in [7, 11) is 0. The third-order valence-corrected chi connectivity index (χ3v) is 4.09. The molecule has 0 rings (SSSR count). The van der Waals surface area contributed by atoms with Crippen LogP contribution in [0.15, 0.2) is 0 Å². The van der Waals surface area contributed by atoms with Crippen LogP contribution in [0.5, 0.6) is 0 Å². The van der Waals surface area contributed by atoms with E-state index in [9.17, 15) is 5.11 Å². The highest BCUT2D eigenvalue weighted by Crippen LogP contribution is 2.09. The lowest BCUT2D eigenvalue weighted by molar-refractivity contribution is 0.0860. The van der Waals surface area contributed by atoms with Crippen LogP contribution in [-0.4, -0.2) is 48.3 Å². The van der Waals surface area contributed by atoms with Crippen LogP contribution in [0.2, 0.25) is 0 Å². The zero-order chi connectivity index (χ0) is 15.9. The van der Waals surface area contributed by atoms with Gasteiger partial charge in [-0.1, -0.05) is 46.0 Å². The summed E-state index contributed by atoms with van der Waals surface area (Å²) in [5.41, 5.74) is 11.6. The molecule has 0 saturated heterocycles. The number of hydrogen-bond acceptors (Lipinski definition) is 4. The van der Waals surface area contributed by atoms with Gasteiger partial charge in [0.2, 0.25) is 0 Å². The molecule has 0 saturated carbocycles. The van der Waals surface area contributed by atoms with E-state index in [-0.39, 0.29) is 6.04 Å². The van der Waals surface area contributed by atoms with Crippen LogP contribution in [0.25, 0.3) is 0 Å². The number of nitrogens with two attached hydrogens (primary N) is 2. The van der Waals surface area contributed by atoms with Crippen LogP contribution >= 0.6 is 0 Å². The molecular weight excluding hydrogens is 262 g/mol. The Balaban J connectivity index is 3.93. The highest BCUT2D eigenvalue weighted by atomic mass is 16.3. The Morgan fingerprint density at radius 2 is 1.48 bits per heavy atom. The molecule has 4 nitrogen and oxygen atoms in total. The molecule has 0 fully saturated rings. The molecule has 2 unspecified atom stereocenters. The zero-order valence-electron chi connectivity index (χ0n) is 14.4. The fraction of sp³-hybridized carbons (Fsp3) is 1.00. The van der Waals surface area contributed by atoms with Gasteiger partial charge < -0.3 is 21.5 Å². The van der Waals surface area contributed by atoms with Crippen molar-refractivity contribution in [1.29, 1.82) is 0 Å². The Kier molecular flexibility index (Phi) is 14.7. The second-order valence-corrected chi connectivity index (χ2v) is 6.23. The quantitative estimate of drug-likeness (QED) is 0.406. The Morgan fingerprint density at radius 1 is 0.905 bits per heavy atom. The molecule has 0 aromatic heterocycles. The molecule has 5 N–H and O–H groups in total. The van der Waals surface area contributed by atoms with Crippen LogP contribution in [0.1, 0.15) is 71.6 Å². The van der Waals surface area contributed by atoms with Gasteiger partial charge in [0.15, 0.2) is 0 Å². The molecule has 0 heterocycles. The average molecular weight is 302 g/mol. The van der Waals surface area contributed by atoms with Crippen LogP contribution < -0.4 is 11.5 Å². The standard InChI is InChI=1S/C17H39N3O/c1-3-5-13-20(14-6-4-2)15-17(21)16(19)11-9-7-8-10-12-18/h16-17,21H,3-15,18-19H2,1-2H3. The second-order valence-electron chi connectivity index (χ2n) is 6.23. The fourth-order valence-corrected chi connectivity index (χ4v) is 2.53. The van der Waals surface area contributed by atoms with E-state index in [0.717, 1.165) is 45.4 Å². The third kappa shape index (κ3) is 12.1. The van der Waals surface area contributed by atoms with Gasteiger partial charge in [-0.15, -0.1) is 0 Å². The van der Waals surface area contributed by atoms with Crippen molar-refractivity contribution < 1.29 is 5.11 Å². The maximum absolute atomic E-state index is 10.3. The summed E-state index contributed by atoms with van der Waals surface area (Å²) in [6, 6.07) is -0.0892. The van der Waals surface area contributed by atoms with Crippen molar-refractivity contribution in [2.45, 2.75) is 83.8 Å². The summed E-state index contributed by atoms with van der Waals surface area (Å²) < 4.78 is 0. The van der Waals surface area contributed by atoms with Gasteiger partial charge in [-0.25, -0.2) is 0 Å². The molecule has 0 aromatic rings. The molecule has 21 heavy (non-hydrogen) atoms. The minimum Gasteiger partial charge on any atom is -0.390 e. The molecule has 0 bridgehead atoms. The van der Waals surface area contributed by atoms with Gasteiger partial charge in [-0.2, -0.15) is 0 Å². The smallest absolute Gasteiger partial charge is 0.0817 e. The number of rotatable bonds is 15. The number of unbranched alkanes of at least 4 members (excludes halogenated alkanes) is 5. The van der Waals surface area contributed by atoms with Gasteiger partial charge in [0, 0.05) is 12.6 Å². The number of nitrogens with zero attached hydrogens (tertiary/aromatic N) is 1. The van der Waals surface area contributed by atoms with Crippen molar-refractivity contribution in [3.05, 3.63) is 0 Å². The number of aliphatic hydroxyl groups excluding tert-OH is 1. The van der Waals surface area contributed by atoms with Gasteiger partial charge in [0.05, 0.1) is 6.10 Å². The summed E-state index contributed by atoms with van der Waals surface area (Å²) in [5, 5.41) is 10.3. The molecule has 0 aliphatic rings. The lowest BCUT2D eigenvalue weighted by Crippen LogP contribution is -2.44. The Bertz CT molecular complexity index is 206. The Morgan fingerprint density at radius 3 is 2.00 bits per heavy atom. The van der Waals surface area contributed by atoms with Crippen molar-refractivity contribution in [2.24, 2.45) is 11.5 Å². The maximum Gasteiger partial charge on any atom is 0.0817 e. The average Bonchev–Trinajstić information content (AvgIpc) is 2.49. The van der Waals surface area contributed by atoms with Crippen LogP contribution in [-0.2, 0) is 0 Å². The van der Waals surface area contributed by atoms with Crippen LogP contribution in [0.3, 0.4) is 0 Å². The molecule has 2 atom stereocenters. The first-order valence-electron chi connectivity index (χ1n) is 9.01. The molecule has 128 valence electrons. The minimum absolute atomic E-state index is 0.0892. The van der Waals surface area contributed by atoms with Crippen LogP contribution in [0.4, 0.5) is 0 Å². The molecule has 0 aromatic carbocycles. The summed E-state index contributed by atoms with van der Waals surface area (Å²) in [4.78, 5) is 2.38. The van der Waals surface area contributed by atoms with Crippen molar-refractivity contribution in [1.82, 2.24) is 4.90 Å². The second kappa shape index (κ2) is 14.8. The van der Waals surface area contributed by atoms with Crippen LogP contribution in [0, 0.1) is 0 Å².